The standard InChI is InChI=1S/C15H23N5O/c1-4-8-19-10-7-17-14(15(19)21)16-6-5-9-20-13(3)11-12(2)18-20/h7,10-11H,4-6,8-9H2,1-3H3,(H,16,17). The molecule has 0 saturated heterocycles. The predicted octanol–water partition coefficient (Wildman–Crippen LogP) is 1.97. The molecule has 0 aromatic carbocycles. The average Bonchev–Trinajstić information content (AvgIpc) is 2.77. The van der Waals surface area contributed by atoms with E-state index in [0.717, 1.165) is 37.3 Å². The highest BCUT2D eigenvalue weighted by atomic mass is 16.1. The first-order valence-electron chi connectivity index (χ1n) is 7.42. The van der Waals surface area contributed by atoms with Crippen LogP contribution in [0.1, 0.15) is 31.2 Å². The van der Waals surface area contributed by atoms with Crippen LogP contribution in [0, 0.1) is 13.8 Å². The van der Waals surface area contributed by atoms with E-state index in [-0.39, 0.29) is 5.56 Å². The second-order valence-electron chi connectivity index (χ2n) is 5.20. The first kappa shape index (κ1) is 15.3. The number of hydrogen-bond donors (Lipinski definition) is 1. The van der Waals surface area contributed by atoms with Crippen molar-refractivity contribution in [2.75, 3.05) is 11.9 Å². The fraction of sp³-hybridized carbons (Fsp3) is 0.533. The third kappa shape index (κ3) is 3.93. The SMILES string of the molecule is CCCn1ccnc(NCCCn2nc(C)cc2C)c1=O. The Kier molecular flexibility index (Phi) is 5.14. The van der Waals surface area contributed by atoms with Crippen molar-refractivity contribution in [3.8, 4) is 0 Å². The summed E-state index contributed by atoms with van der Waals surface area (Å²) in [5.74, 6) is 0.430. The van der Waals surface area contributed by atoms with Gasteiger partial charge in [-0.05, 0) is 32.8 Å². The van der Waals surface area contributed by atoms with Gasteiger partial charge in [-0.15, -0.1) is 0 Å². The van der Waals surface area contributed by atoms with E-state index in [4.69, 9.17) is 0 Å². The minimum atomic E-state index is -0.0505. The quantitative estimate of drug-likeness (QED) is 0.791. The summed E-state index contributed by atoms with van der Waals surface area (Å²) in [5.41, 5.74) is 2.15. The molecule has 6 nitrogen and oxygen atoms in total. The number of nitrogens with one attached hydrogen (secondary N) is 1. The van der Waals surface area contributed by atoms with Crippen LogP contribution in [-0.2, 0) is 13.1 Å². The molecule has 0 aliphatic rings. The van der Waals surface area contributed by atoms with Gasteiger partial charge in [0.1, 0.15) is 0 Å². The van der Waals surface area contributed by atoms with Gasteiger partial charge in [0.2, 0.25) is 0 Å². The van der Waals surface area contributed by atoms with Crippen molar-refractivity contribution in [3.63, 3.8) is 0 Å². The monoisotopic (exact) mass is 289 g/mol. The predicted molar refractivity (Wildman–Crippen MR) is 83.6 cm³/mol. The molecule has 2 aromatic rings. The van der Waals surface area contributed by atoms with E-state index < -0.39 is 0 Å². The lowest BCUT2D eigenvalue weighted by Crippen LogP contribution is -2.25. The smallest absolute Gasteiger partial charge is 0.293 e. The van der Waals surface area contributed by atoms with Crippen molar-refractivity contribution < 1.29 is 0 Å². The van der Waals surface area contributed by atoms with Crippen LogP contribution < -0.4 is 10.9 Å². The van der Waals surface area contributed by atoms with Gasteiger partial charge in [-0.1, -0.05) is 6.92 Å². The van der Waals surface area contributed by atoms with E-state index in [1.54, 1.807) is 17.0 Å². The maximum Gasteiger partial charge on any atom is 0.293 e. The van der Waals surface area contributed by atoms with Crippen molar-refractivity contribution >= 4 is 5.82 Å². The van der Waals surface area contributed by atoms with Crippen molar-refractivity contribution in [2.24, 2.45) is 0 Å². The molecule has 0 unspecified atom stereocenters. The van der Waals surface area contributed by atoms with E-state index in [0.29, 0.717) is 12.4 Å². The van der Waals surface area contributed by atoms with Gasteiger partial charge in [-0.25, -0.2) is 4.98 Å². The number of anilines is 1. The molecule has 2 rings (SSSR count). The molecule has 0 bridgehead atoms. The zero-order valence-corrected chi connectivity index (χ0v) is 13.0. The molecule has 0 fully saturated rings. The lowest BCUT2D eigenvalue weighted by molar-refractivity contribution is 0.572. The Balaban J connectivity index is 1.88. The van der Waals surface area contributed by atoms with Crippen molar-refractivity contribution in [2.45, 2.75) is 46.7 Å². The summed E-state index contributed by atoms with van der Waals surface area (Å²) >= 11 is 0. The molecule has 21 heavy (non-hydrogen) atoms. The summed E-state index contributed by atoms with van der Waals surface area (Å²) in [6.45, 7) is 8.36. The Bertz CT molecular complexity index is 644. The second kappa shape index (κ2) is 7.06. The van der Waals surface area contributed by atoms with Gasteiger partial charge in [0.05, 0.1) is 5.69 Å². The summed E-state index contributed by atoms with van der Waals surface area (Å²) in [6.07, 6.45) is 5.22. The fourth-order valence-corrected chi connectivity index (χ4v) is 2.32. The zero-order valence-electron chi connectivity index (χ0n) is 13.0. The van der Waals surface area contributed by atoms with Crippen molar-refractivity contribution in [1.29, 1.82) is 0 Å². The van der Waals surface area contributed by atoms with E-state index in [1.807, 2.05) is 18.5 Å². The Morgan fingerprint density at radius 3 is 2.76 bits per heavy atom. The van der Waals surface area contributed by atoms with Crippen molar-refractivity contribution in [3.05, 3.63) is 40.2 Å². The first-order chi connectivity index (χ1) is 10.1. The molecule has 0 spiro atoms. The van der Waals surface area contributed by atoms with Crippen LogP contribution in [0.3, 0.4) is 0 Å². The number of rotatable bonds is 7. The molecule has 0 amide bonds. The van der Waals surface area contributed by atoms with Gasteiger partial charge >= 0.3 is 0 Å². The lowest BCUT2D eigenvalue weighted by atomic mass is 10.4. The molecule has 0 saturated carbocycles. The maximum atomic E-state index is 12.1. The van der Waals surface area contributed by atoms with Crippen LogP contribution in [-0.4, -0.2) is 25.9 Å². The Morgan fingerprint density at radius 2 is 2.10 bits per heavy atom. The topological polar surface area (TPSA) is 64.7 Å². The van der Waals surface area contributed by atoms with Gasteiger partial charge in [0.15, 0.2) is 5.82 Å². The van der Waals surface area contributed by atoms with Crippen LogP contribution in [0.5, 0.6) is 0 Å². The molecular formula is C15H23N5O. The highest BCUT2D eigenvalue weighted by Crippen LogP contribution is 2.03. The molecule has 1 N–H and O–H groups in total. The normalized spacial score (nSPS) is 10.8. The van der Waals surface area contributed by atoms with Gasteiger partial charge in [0, 0.05) is 37.7 Å². The fourth-order valence-electron chi connectivity index (χ4n) is 2.32. The number of aromatic nitrogens is 4. The third-order valence-corrected chi connectivity index (χ3v) is 3.32. The summed E-state index contributed by atoms with van der Waals surface area (Å²) in [5, 5.41) is 7.54. The average molecular weight is 289 g/mol. The first-order valence-corrected chi connectivity index (χ1v) is 7.42. The number of nitrogens with zero attached hydrogens (tertiary/aromatic N) is 4. The highest BCUT2D eigenvalue weighted by Gasteiger charge is 2.04. The minimum absolute atomic E-state index is 0.0505. The molecule has 0 radical (unpaired) electrons. The third-order valence-electron chi connectivity index (χ3n) is 3.32. The molecule has 0 aliphatic heterocycles. The molecule has 2 aromatic heterocycles. The second-order valence-corrected chi connectivity index (χ2v) is 5.20. The van der Waals surface area contributed by atoms with Gasteiger partial charge in [-0.2, -0.15) is 5.10 Å². The van der Waals surface area contributed by atoms with Gasteiger partial charge < -0.3 is 9.88 Å². The van der Waals surface area contributed by atoms with E-state index in [2.05, 4.69) is 28.4 Å². The minimum Gasteiger partial charge on any atom is -0.365 e. The lowest BCUT2D eigenvalue weighted by Gasteiger charge is -2.08. The largest absolute Gasteiger partial charge is 0.365 e. The molecule has 6 heteroatoms. The summed E-state index contributed by atoms with van der Waals surface area (Å²) in [7, 11) is 0. The Labute approximate surface area is 124 Å². The molecular weight excluding hydrogens is 266 g/mol. The highest BCUT2D eigenvalue weighted by molar-refractivity contribution is 5.30. The van der Waals surface area contributed by atoms with Gasteiger partial charge in [0.25, 0.3) is 5.56 Å². The molecule has 0 atom stereocenters. The van der Waals surface area contributed by atoms with Crippen LogP contribution in [0.25, 0.3) is 0 Å². The Morgan fingerprint density at radius 1 is 1.29 bits per heavy atom. The Hall–Kier alpha value is -2.11. The summed E-state index contributed by atoms with van der Waals surface area (Å²) in [4.78, 5) is 16.2. The molecule has 2 heterocycles. The van der Waals surface area contributed by atoms with Gasteiger partial charge in [-0.3, -0.25) is 9.48 Å². The van der Waals surface area contributed by atoms with Crippen molar-refractivity contribution in [1.82, 2.24) is 19.3 Å². The molecule has 0 aliphatic carbocycles. The maximum absolute atomic E-state index is 12.1. The summed E-state index contributed by atoms with van der Waals surface area (Å²) < 4.78 is 3.68. The van der Waals surface area contributed by atoms with Crippen LogP contribution in [0.4, 0.5) is 5.82 Å². The zero-order chi connectivity index (χ0) is 15.2. The summed E-state index contributed by atoms with van der Waals surface area (Å²) in [6, 6.07) is 2.07. The van der Waals surface area contributed by atoms with Crippen LogP contribution in [0.15, 0.2) is 23.3 Å². The number of aryl methyl sites for hydroxylation is 4. The van der Waals surface area contributed by atoms with Crippen LogP contribution >= 0.6 is 0 Å². The number of hydrogen-bond acceptors (Lipinski definition) is 4. The van der Waals surface area contributed by atoms with Crippen LogP contribution in [0.2, 0.25) is 0 Å². The molecule has 114 valence electrons. The van der Waals surface area contributed by atoms with E-state index in [9.17, 15) is 4.79 Å². The van der Waals surface area contributed by atoms with E-state index >= 15 is 0 Å². The van der Waals surface area contributed by atoms with E-state index in [1.165, 1.54) is 0 Å².